The lowest BCUT2D eigenvalue weighted by Crippen LogP contribution is -2.12. The van der Waals surface area contributed by atoms with Crippen LogP contribution in [0.15, 0.2) is 24.3 Å². The average molecular weight is 231 g/mol. The maximum absolute atomic E-state index is 3.97. The van der Waals surface area contributed by atoms with E-state index in [1.165, 1.54) is 11.1 Å². The maximum Gasteiger partial charge on any atom is 0.243 e. The van der Waals surface area contributed by atoms with Gasteiger partial charge in [0, 0.05) is 6.54 Å². The third kappa shape index (κ3) is 2.61. The Kier molecular flexibility index (Phi) is 3.37. The van der Waals surface area contributed by atoms with Crippen LogP contribution in [0.3, 0.4) is 0 Å². The second-order valence-electron chi connectivity index (χ2n) is 4.10. The summed E-state index contributed by atoms with van der Waals surface area (Å²) in [6.45, 7) is 6.96. The first-order valence-corrected chi connectivity index (χ1v) is 5.80. The van der Waals surface area contributed by atoms with E-state index in [2.05, 4.69) is 59.0 Å². The molecule has 0 bridgehead atoms. The van der Waals surface area contributed by atoms with Gasteiger partial charge in [-0.05, 0) is 36.8 Å². The lowest BCUT2D eigenvalue weighted by molar-refractivity contribution is 0.625. The minimum absolute atomic E-state index is 0.186. The van der Waals surface area contributed by atoms with Gasteiger partial charge < -0.3 is 5.32 Å². The number of benzene rings is 1. The fourth-order valence-electron chi connectivity index (χ4n) is 1.74. The van der Waals surface area contributed by atoms with Crippen molar-refractivity contribution in [2.45, 2.75) is 33.4 Å². The Morgan fingerprint density at radius 2 is 2.24 bits per heavy atom. The molecular formula is C12H17N5. The number of hydrogen-bond donors (Lipinski definition) is 1. The number of nitrogens with zero attached hydrogens (tertiary/aromatic N) is 4. The molecule has 0 aliphatic heterocycles. The molecule has 0 aliphatic carbocycles. The molecule has 1 heterocycles. The summed E-state index contributed by atoms with van der Waals surface area (Å²) < 4.78 is 1.74. The monoisotopic (exact) mass is 231 g/mol. The van der Waals surface area contributed by atoms with Crippen LogP contribution in [-0.4, -0.2) is 20.2 Å². The Morgan fingerprint density at radius 1 is 1.41 bits per heavy atom. The molecule has 17 heavy (non-hydrogen) atoms. The van der Waals surface area contributed by atoms with Gasteiger partial charge in [-0.25, -0.2) is 4.68 Å². The smallest absolute Gasteiger partial charge is 0.243 e. The molecule has 1 aromatic carbocycles. The van der Waals surface area contributed by atoms with E-state index in [0.717, 1.165) is 6.54 Å². The largest absolute Gasteiger partial charge is 0.347 e. The van der Waals surface area contributed by atoms with E-state index in [4.69, 9.17) is 0 Å². The summed E-state index contributed by atoms with van der Waals surface area (Å²) in [5, 5.41) is 14.8. The standard InChI is InChI=1S/C12H17N5/c1-4-17-12(14-15-16-17)13-10(3)11-7-5-6-9(2)8-11/h5-8,10H,4H2,1-3H3,(H,13,14,16). The molecule has 90 valence electrons. The first kappa shape index (κ1) is 11.6. The molecule has 1 unspecified atom stereocenters. The van der Waals surface area contributed by atoms with Crippen LogP contribution in [0.4, 0.5) is 5.95 Å². The summed E-state index contributed by atoms with van der Waals surface area (Å²) >= 11 is 0. The molecule has 1 N–H and O–H groups in total. The van der Waals surface area contributed by atoms with Crippen LogP contribution in [-0.2, 0) is 6.54 Å². The Hall–Kier alpha value is -1.91. The molecule has 0 amide bonds. The summed E-state index contributed by atoms with van der Waals surface area (Å²) in [5.41, 5.74) is 2.49. The zero-order valence-corrected chi connectivity index (χ0v) is 10.4. The second kappa shape index (κ2) is 4.95. The molecule has 0 saturated carbocycles. The highest BCUT2D eigenvalue weighted by atomic mass is 15.6. The zero-order valence-electron chi connectivity index (χ0n) is 10.4. The van der Waals surface area contributed by atoms with Gasteiger partial charge in [0.2, 0.25) is 5.95 Å². The van der Waals surface area contributed by atoms with E-state index in [-0.39, 0.29) is 6.04 Å². The number of rotatable bonds is 4. The Morgan fingerprint density at radius 3 is 2.94 bits per heavy atom. The second-order valence-corrected chi connectivity index (χ2v) is 4.10. The maximum atomic E-state index is 3.97. The topological polar surface area (TPSA) is 55.6 Å². The number of aryl methyl sites for hydroxylation is 2. The lowest BCUT2D eigenvalue weighted by Gasteiger charge is -2.14. The SMILES string of the molecule is CCn1nnnc1NC(C)c1cccc(C)c1. The van der Waals surface area contributed by atoms with Crippen molar-refractivity contribution in [1.82, 2.24) is 20.2 Å². The molecule has 0 fully saturated rings. The number of hydrogen-bond acceptors (Lipinski definition) is 4. The first-order chi connectivity index (χ1) is 8.20. The van der Waals surface area contributed by atoms with Crippen molar-refractivity contribution in [3.63, 3.8) is 0 Å². The van der Waals surface area contributed by atoms with E-state index in [1.54, 1.807) is 4.68 Å². The molecule has 1 atom stereocenters. The summed E-state index contributed by atoms with van der Waals surface area (Å²) in [7, 11) is 0. The molecule has 1 aromatic heterocycles. The van der Waals surface area contributed by atoms with E-state index in [9.17, 15) is 0 Å². The van der Waals surface area contributed by atoms with Crippen molar-refractivity contribution in [3.8, 4) is 0 Å². The molecule has 5 nitrogen and oxygen atoms in total. The molecule has 0 saturated heterocycles. The van der Waals surface area contributed by atoms with Gasteiger partial charge >= 0.3 is 0 Å². The van der Waals surface area contributed by atoms with Gasteiger partial charge in [0.1, 0.15) is 0 Å². The third-order valence-electron chi connectivity index (χ3n) is 2.72. The van der Waals surface area contributed by atoms with E-state index in [0.29, 0.717) is 5.95 Å². The van der Waals surface area contributed by atoms with Crippen LogP contribution in [0.2, 0.25) is 0 Å². The fourth-order valence-corrected chi connectivity index (χ4v) is 1.74. The predicted octanol–water partition coefficient (Wildman–Crippen LogP) is 2.17. The lowest BCUT2D eigenvalue weighted by atomic mass is 10.1. The van der Waals surface area contributed by atoms with E-state index < -0.39 is 0 Å². The highest BCUT2D eigenvalue weighted by Gasteiger charge is 2.09. The highest BCUT2D eigenvalue weighted by molar-refractivity contribution is 5.32. The normalized spacial score (nSPS) is 12.4. The van der Waals surface area contributed by atoms with Crippen LogP contribution in [0, 0.1) is 6.92 Å². The van der Waals surface area contributed by atoms with Gasteiger partial charge in [0.15, 0.2) is 0 Å². The molecule has 5 heteroatoms. The quantitative estimate of drug-likeness (QED) is 0.876. The Labute approximate surface area is 101 Å². The van der Waals surface area contributed by atoms with Crippen molar-refractivity contribution in [3.05, 3.63) is 35.4 Å². The summed E-state index contributed by atoms with van der Waals surface area (Å²) in [6, 6.07) is 8.60. The fraction of sp³-hybridized carbons (Fsp3) is 0.417. The van der Waals surface area contributed by atoms with Gasteiger partial charge in [-0.2, -0.15) is 0 Å². The molecule has 0 radical (unpaired) electrons. The summed E-state index contributed by atoms with van der Waals surface area (Å²) in [5.74, 6) is 0.710. The summed E-state index contributed by atoms with van der Waals surface area (Å²) in [6.07, 6.45) is 0. The van der Waals surface area contributed by atoms with Gasteiger partial charge in [-0.3, -0.25) is 0 Å². The van der Waals surface area contributed by atoms with Crippen LogP contribution in [0.25, 0.3) is 0 Å². The highest BCUT2D eigenvalue weighted by Crippen LogP contribution is 2.17. The molecule has 0 spiro atoms. The van der Waals surface area contributed by atoms with Crippen molar-refractivity contribution in [1.29, 1.82) is 0 Å². The van der Waals surface area contributed by atoms with Crippen molar-refractivity contribution in [2.24, 2.45) is 0 Å². The van der Waals surface area contributed by atoms with Crippen LogP contribution < -0.4 is 5.32 Å². The van der Waals surface area contributed by atoms with Crippen LogP contribution in [0.1, 0.15) is 31.0 Å². The van der Waals surface area contributed by atoms with Crippen molar-refractivity contribution >= 4 is 5.95 Å². The van der Waals surface area contributed by atoms with Gasteiger partial charge in [-0.15, -0.1) is 0 Å². The van der Waals surface area contributed by atoms with Crippen LogP contribution in [0.5, 0.6) is 0 Å². The molecule has 2 rings (SSSR count). The van der Waals surface area contributed by atoms with E-state index >= 15 is 0 Å². The average Bonchev–Trinajstić information content (AvgIpc) is 2.76. The van der Waals surface area contributed by atoms with Crippen molar-refractivity contribution < 1.29 is 0 Å². The predicted molar refractivity (Wildman–Crippen MR) is 66.7 cm³/mol. The van der Waals surface area contributed by atoms with Gasteiger partial charge in [0.25, 0.3) is 0 Å². The Bertz CT molecular complexity index is 491. The van der Waals surface area contributed by atoms with E-state index in [1.807, 2.05) is 6.92 Å². The number of aromatic nitrogens is 4. The number of anilines is 1. The molecular weight excluding hydrogens is 214 g/mol. The third-order valence-corrected chi connectivity index (χ3v) is 2.72. The minimum Gasteiger partial charge on any atom is -0.347 e. The Balaban J connectivity index is 2.14. The molecule has 2 aromatic rings. The minimum atomic E-state index is 0.186. The number of tetrazole rings is 1. The van der Waals surface area contributed by atoms with Crippen molar-refractivity contribution in [2.75, 3.05) is 5.32 Å². The molecule has 0 aliphatic rings. The van der Waals surface area contributed by atoms with Gasteiger partial charge in [-0.1, -0.05) is 34.9 Å². The number of nitrogens with one attached hydrogen (secondary N) is 1. The van der Waals surface area contributed by atoms with Gasteiger partial charge in [0.05, 0.1) is 6.04 Å². The summed E-state index contributed by atoms with van der Waals surface area (Å²) in [4.78, 5) is 0. The van der Waals surface area contributed by atoms with Crippen LogP contribution >= 0.6 is 0 Å². The zero-order chi connectivity index (χ0) is 12.3. The first-order valence-electron chi connectivity index (χ1n) is 5.80.